The molecule has 1 heterocycles. The molecule has 1 saturated heterocycles. The molecule has 0 aliphatic carbocycles. The van der Waals surface area contributed by atoms with E-state index in [4.69, 9.17) is 0 Å². The number of benzene rings is 2. The van der Waals surface area contributed by atoms with Crippen LogP contribution in [0.1, 0.15) is 42.6 Å². The minimum absolute atomic E-state index is 0.113. The first-order valence-corrected chi connectivity index (χ1v) is 9.44. The highest BCUT2D eigenvalue weighted by molar-refractivity contribution is 5.88. The van der Waals surface area contributed by atoms with Crippen molar-refractivity contribution in [3.8, 4) is 0 Å². The number of aliphatic hydroxyl groups excluding tert-OH is 1. The van der Waals surface area contributed by atoms with Crippen molar-refractivity contribution >= 4 is 11.6 Å². The highest BCUT2D eigenvalue weighted by atomic mass is 16.3. The van der Waals surface area contributed by atoms with Crippen LogP contribution in [-0.4, -0.2) is 40.7 Å². The zero-order valence-corrected chi connectivity index (χ0v) is 16.0. The quantitative estimate of drug-likeness (QED) is 0.759. The first-order valence-electron chi connectivity index (χ1n) is 9.44. The maximum Gasteiger partial charge on any atom is 0.221 e. The van der Waals surface area contributed by atoms with Crippen LogP contribution in [0.2, 0.25) is 0 Å². The van der Waals surface area contributed by atoms with E-state index in [2.05, 4.69) is 10.2 Å². The van der Waals surface area contributed by atoms with E-state index < -0.39 is 11.7 Å². The molecule has 5 heteroatoms. The van der Waals surface area contributed by atoms with Crippen LogP contribution in [0.4, 0.5) is 5.69 Å². The number of carbonyl (C=O) groups excluding carboxylic acids is 1. The van der Waals surface area contributed by atoms with E-state index in [1.54, 1.807) is 12.1 Å². The third kappa shape index (κ3) is 4.75. The normalized spacial score (nSPS) is 18.1. The van der Waals surface area contributed by atoms with Crippen LogP contribution in [0.5, 0.6) is 0 Å². The summed E-state index contributed by atoms with van der Waals surface area (Å²) in [4.78, 5) is 13.3. The van der Waals surface area contributed by atoms with Gasteiger partial charge in [-0.15, -0.1) is 0 Å². The first kappa shape index (κ1) is 19.5. The first-order chi connectivity index (χ1) is 12.9. The molecule has 5 nitrogen and oxygen atoms in total. The van der Waals surface area contributed by atoms with Crippen LogP contribution in [-0.2, 0) is 10.4 Å². The molecule has 0 bridgehead atoms. The molecule has 1 fully saturated rings. The summed E-state index contributed by atoms with van der Waals surface area (Å²) in [6, 6.07) is 15.3. The number of piperidine rings is 1. The third-order valence-corrected chi connectivity index (χ3v) is 5.38. The second-order valence-corrected chi connectivity index (χ2v) is 7.47. The Balaban J connectivity index is 1.57. The summed E-state index contributed by atoms with van der Waals surface area (Å²) in [5.41, 5.74) is 2.89. The number of hydrogen-bond donors (Lipinski definition) is 3. The number of carbonyl (C=O) groups is 1. The smallest absolute Gasteiger partial charge is 0.221 e. The number of nitrogens with one attached hydrogen (secondary N) is 1. The molecular formula is C22H28N2O3. The lowest BCUT2D eigenvalue weighted by Gasteiger charge is -2.39. The molecule has 2 aromatic rings. The van der Waals surface area contributed by atoms with Gasteiger partial charge in [-0.3, -0.25) is 4.79 Å². The van der Waals surface area contributed by atoms with Gasteiger partial charge in [-0.05, 0) is 48.6 Å². The molecule has 3 rings (SSSR count). The number of aliphatic hydroxyl groups is 2. The summed E-state index contributed by atoms with van der Waals surface area (Å²) < 4.78 is 0. The number of rotatable bonds is 5. The minimum Gasteiger partial charge on any atom is -0.387 e. The van der Waals surface area contributed by atoms with E-state index in [1.807, 2.05) is 43.3 Å². The van der Waals surface area contributed by atoms with Gasteiger partial charge >= 0.3 is 0 Å². The largest absolute Gasteiger partial charge is 0.387 e. The lowest BCUT2D eigenvalue weighted by Crippen LogP contribution is -2.44. The number of likely N-dealkylation sites (tertiary alicyclic amines) is 1. The number of hydrogen-bond acceptors (Lipinski definition) is 4. The van der Waals surface area contributed by atoms with Crippen LogP contribution in [0.3, 0.4) is 0 Å². The van der Waals surface area contributed by atoms with Gasteiger partial charge in [0.2, 0.25) is 5.91 Å². The fraction of sp³-hybridized carbons (Fsp3) is 0.409. The Labute approximate surface area is 160 Å². The van der Waals surface area contributed by atoms with Gasteiger partial charge in [-0.2, -0.15) is 0 Å². The molecular weight excluding hydrogens is 340 g/mol. The summed E-state index contributed by atoms with van der Waals surface area (Å²) in [6.07, 6.45) is 0.721. The standard InChI is InChI=1S/C22H28N2O3/c1-16-5-3-4-6-20(16)22(27)11-13-24(14-12-22)15-21(26)18-7-9-19(10-8-18)23-17(2)25/h3-10,21,26-27H,11-15H2,1-2H3,(H,23,25)/t21-/m0/s1. The Kier molecular flexibility index (Phi) is 5.95. The predicted octanol–water partition coefficient (Wildman–Crippen LogP) is 2.97. The Hall–Kier alpha value is -2.21. The molecule has 1 amide bonds. The Morgan fingerprint density at radius 1 is 1.15 bits per heavy atom. The van der Waals surface area contributed by atoms with Gasteiger partial charge in [0, 0.05) is 32.2 Å². The summed E-state index contributed by atoms with van der Waals surface area (Å²) in [5.74, 6) is -0.113. The van der Waals surface area contributed by atoms with Crippen molar-refractivity contribution in [3.63, 3.8) is 0 Å². The zero-order chi connectivity index (χ0) is 19.4. The van der Waals surface area contributed by atoms with E-state index in [0.717, 1.165) is 35.5 Å². The molecule has 1 aliphatic heterocycles. The number of nitrogens with zero attached hydrogens (tertiary/aromatic N) is 1. The maximum atomic E-state index is 11.1. The minimum atomic E-state index is -0.785. The second-order valence-electron chi connectivity index (χ2n) is 7.47. The van der Waals surface area contributed by atoms with Crippen molar-refractivity contribution in [3.05, 3.63) is 65.2 Å². The summed E-state index contributed by atoms with van der Waals surface area (Å²) >= 11 is 0. The van der Waals surface area contributed by atoms with E-state index in [1.165, 1.54) is 6.92 Å². The third-order valence-electron chi connectivity index (χ3n) is 5.38. The number of anilines is 1. The highest BCUT2D eigenvalue weighted by Crippen LogP contribution is 2.35. The summed E-state index contributed by atoms with van der Waals surface area (Å²) in [7, 11) is 0. The molecule has 2 aromatic carbocycles. The lowest BCUT2D eigenvalue weighted by atomic mass is 9.82. The van der Waals surface area contributed by atoms with E-state index in [-0.39, 0.29) is 5.91 Å². The molecule has 3 N–H and O–H groups in total. The number of β-amino-alcohol motifs (C(OH)–C–C–N with tert-alkyl or cyclic N) is 1. The summed E-state index contributed by atoms with van der Waals surface area (Å²) in [6.45, 7) is 5.52. The van der Waals surface area contributed by atoms with Crippen LogP contribution in [0.15, 0.2) is 48.5 Å². The Morgan fingerprint density at radius 3 is 2.37 bits per heavy atom. The molecule has 27 heavy (non-hydrogen) atoms. The molecule has 0 saturated carbocycles. The molecule has 1 atom stereocenters. The van der Waals surface area contributed by atoms with Crippen LogP contribution in [0.25, 0.3) is 0 Å². The van der Waals surface area contributed by atoms with Crippen LogP contribution >= 0.6 is 0 Å². The lowest BCUT2D eigenvalue weighted by molar-refractivity contribution is -0.114. The van der Waals surface area contributed by atoms with Crippen LogP contribution < -0.4 is 5.32 Å². The maximum absolute atomic E-state index is 11.1. The fourth-order valence-electron chi connectivity index (χ4n) is 3.81. The molecule has 0 radical (unpaired) electrons. The van der Waals surface area contributed by atoms with Gasteiger partial charge in [0.05, 0.1) is 11.7 Å². The molecule has 1 aliphatic rings. The average molecular weight is 368 g/mol. The van der Waals surface area contributed by atoms with Gasteiger partial charge in [-0.25, -0.2) is 0 Å². The summed E-state index contributed by atoms with van der Waals surface area (Å²) in [5, 5.41) is 24.3. The van der Waals surface area contributed by atoms with Crippen molar-refractivity contribution in [1.82, 2.24) is 4.90 Å². The van der Waals surface area contributed by atoms with Gasteiger partial charge in [-0.1, -0.05) is 36.4 Å². The van der Waals surface area contributed by atoms with Crippen molar-refractivity contribution in [2.45, 2.75) is 38.4 Å². The SMILES string of the molecule is CC(=O)Nc1ccc([C@@H](O)CN2CCC(O)(c3ccccc3C)CC2)cc1. The van der Waals surface area contributed by atoms with Crippen molar-refractivity contribution in [2.24, 2.45) is 0 Å². The second kappa shape index (κ2) is 8.21. The van der Waals surface area contributed by atoms with Gasteiger partial charge < -0.3 is 20.4 Å². The highest BCUT2D eigenvalue weighted by Gasteiger charge is 2.35. The topological polar surface area (TPSA) is 72.8 Å². The average Bonchev–Trinajstić information content (AvgIpc) is 2.64. The van der Waals surface area contributed by atoms with E-state index >= 15 is 0 Å². The molecule has 0 spiro atoms. The monoisotopic (exact) mass is 368 g/mol. The Morgan fingerprint density at radius 2 is 1.78 bits per heavy atom. The van der Waals surface area contributed by atoms with Crippen molar-refractivity contribution in [2.75, 3.05) is 25.0 Å². The Bertz CT molecular complexity index is 780. The number of amides is 1. The molecule has 0 unspecified atom stereocenters. The van der Waals surface area contributed by atoms with Crippen molar-refractivity contribution in [1.29, 1.82) is 0 Å². The predicted molar refractivity (Wildman–Crippen MR) is 106 cm³/mol. The molecule has 144 valence electrons. The van der Waals surface area contributed by atoms with Gasteiger partial charge in [0.15, 0.2) is 0 Å². The van der Waals surface area contributed by atoms with Crippen LogP contribution in [0, 0.1) is 6.92 Å². The zero-order valence-electron chi connectivity index (χ0n) is 16.0. The van der Waals surface area contributed by atoms with Gasteiger partial charge in [0.1, 0.15) is 0 Å². The van der Waals surface area contributed by atoms with E-state index in [0.29, 0.717) is 19.4 Å². The molecule has 0 aromatic heterocycles. The van der Waals surface area contributed by atoms with Gasteiger partial charge in [0.25, 0.3) is 0 Å². The van der Waals surface area contributed by atoms with Crippen molar-refractivity contribution < 1.29 is 15.0 Å². The number of aryl methyl sites for hydroxylation is 1. The van der Waals surface area contributed by atoms with E-state index in [9.17, 15) is 15.0 Å². The fourth-order valence-corrected chi connectivity index (χ4v) is 3.81.